The van der Waals surface area contributed by atoms with E-state index in [-0.39, 0.29) is 11.8 Å². The molecule has 0 radical (unpaired) electrons. The average molecular weight is 268 g/mol. The van der Waals surface area contributed by atoms with Crippen molar-refractivity contribution in [3.05, 3.63) is 29.3 Å². The fourth-order valence-electron chi connectivity index (χ4n) is 3.44. The van der Waals surface area contributed by atoms with E-state index < -0.39 is 0 Å². The molecule has 104 valence electrons. The van der Waals surface area contributed by atoms with Gasteiger partial charge in [0, 0.05) is 11.5 Å². The minimum atomic E-state index is 0.168. The predicted molar refractivity (Wildman–Crippen MR) is 80.1 cm³/mol. The molecule has 1 aromatic carbocycles. The van der Waals surface area contributed by atoms with E-state index in [1.54, 1.807) is 0 Å². The molecule has 0 aliphatic heterocycles. The Labute approximate surface area is 119 Å². The number of benzene rings is 1. The summed E-state index contributed by atoms with van der Waals surface area (Å²) < 4.78 is 0. The molecule has 20 heavy (non-hydrogen) atoms. The summed E-state index contributed by atoms with van der Waals surface area (Å²) in [5.41, 5.74) is 8.20. The van der Waals surface area contributed by atoms with Gasteiger partial charge in [0.1, 0.15) is 0 Å². The van der Waals surface area contributed by atoms with Gasteiger partial charge in [-0.3, -0.25) is 4.79 Å². The highest BCUT2D eigenvalue weighted by Crippen LogP contribution is 2.57. The van der Waals surface area contributed by atoms with Gasteiger partial charge in [-0.15, -0.1) is 0 Å². The predicted octanol–water partition coefficient (Wildman–Crippen LogP) is 2.29. The monoisotopic (exact) mass is 268 g/mol. The largest absolute Gasteiger partial charge is 0.325 e. The van der Waals surface area contributed by atoms with Crippen molar-refractivity contribution in [3.63, 3.8) is 0 Å². The summed E-state index contributed by atoms with van der Waals surface area (Å²) in [7, 11) is 0. The van der Waals surface area contributed by atoms with Gasteiger partial charge in [-0.2, -0.15) is 0 Å². The Hall–Kier alpha value is -1.79. The fourth-order valence-corrected chi connectivity index (χ4v) is 3.44. The van der Waals surface area contributed by atoms with Crippen molar-refractivity contribution in [2.24, 2.45) is 23.5 Å². The van der Waals surface area contributed by atoms with Gasteiger partial charge < -0.3 is 11.1 Å². The molecule has 0 spiro atoms. The van der Waals surface area contributed by atoms with Crippen molar-refractivity contribution in [1.29, 1.82) is 0 Å². The Morgan fingerprint density at radius 3 is 2.85 bits per heavy atom. The van der Waals surface area contributed by atoms with Gasteiger partial charge in [0.2, 0.25) is 5.91 Å². The first-order chi connectivity index (χ1) is 9.70. The lowest BCUT2D eigenvalue weighted by Crippen LogP contribution is -2.17. The Morgan fingerprint density at radius 1 is 1.40 bits per heavy atom. The minimum Gasteiger partial charge on any atom is -0.325 e. The number of rotatable bonds is 2. The van der Waals surface area contributed by atoms with Gasteiger partial charge in [0.15, 0.2) is 0 Å². The molecule has 0 heterocycles. The molecule has 2 saturated carbocycles. The number of aryl methyl sites for hydroxylation is 1. The van der Waals surface area contributed by atoms with Crippen LogP contribution in [0.2, 0.25) is 0 Å². The lowest BCUT2D eigenvalue weighted by atomic mass is 10.1. The maximum absolute atomic E-state index is 12.3. The molecule has 1 amide bonds. The van der Waals surface area contributed by atoms with Crippen LogP contribution in [-0.4, -0.2) is 12.5 Å². The molecule has 3 rings (SSSR count). The number of carbonyl (C=O) groups excluding carboxylic acids is 1. The fraction of sp³-hybridized carbons (Fsp3) is 0.471. The Kier molecular flexibility index (Phi) is 3.50. The van der Waals surface area contributed by atoms with E-state index >= 15 is 0 Å². The molecule has 2 fully saturated rings. The first-order valence-electron chi connectivity index (χ1n) is 7.31. The Balaban J connectivity index is 1.76. The molecule has 1 aromatic rings. The maximum Gasteiger partial charge on any atom is 0.228 e. The van der Waals surface area contributed by atoms with E-state index in [4.69, 9.17) is 5.73 Å². The Morgan fingerprint density at radius 2 is 2.15 bits per heavy atom. The van der Waals surface area contributed by atoms with Crippen molar-refractivity contribution in [2.45, 2.75) is 26.2 Å². The highest BCUT2D eigenvalue weighted by Gasteiger charge is 2.56. The first-order valence-corrected chi connectivity index (χ1v) is 7.31. The van der Waals surface area contributed by atoms with E-state index in [1.807, 2.05) is 25.1 Å². The molecule has 2 unspecified atom stereocenters. The summed E-state index contributed by atoms with van der Waals surface area (Å²) in [4.78, 5) is 12.3. The van der Waals surface area contributed by atoms with Crippen LogP contribution in [0.5, 0.6) is 0 Å². The molecule has 3 nitrogen and oxygen atoms in total. The number of carbonyl (C=O) groups is 1. The van der Waals surface area contributed by atoms with E-state index in [2.05, 4.69) is 17.2 Å². The third-order valence-corrected chi connectivity index (χ3v) is 4.47. The van der Waals surface area contributed by atoms with Gasteiger partial charge in [-0.1, -0.05) is 24.3 Å². The third kappa shape index (κ3) is 2.44. The number of amides is 1. The van der Waals surface area contributed by atoms with Gasteiger partial charge in [-0.05, 0) is 49.3 Å². The lowest BCUT2D eigenvalue weighted by Gasteiger charge is -2.09. The molecular weight excluding hydrogens is 248 g/mol. The molecule has 0 aromatic heterocycles. The number of hydrogen-bond donors (Lipinski definition) is 2. The van der Waals surface area contributed by atoms with E-state index in [0.717, 1.165) is 16.8 Å². The number of nitrogens with two attached hydrogens (primary N) is 1. The van der Waals surface area contributed by atoms with Gasteiger partial charge in [0.05, 0.1) is 12.2 Å². The number of hydrogen-bond acceptors (Lipinski definition) is 2. The minimum absolute atomic E-state index is 0.168. The summed E-state index contributed by atoms with van der Waals surface area (Å²) >= 11 is 0. The number of nitrogens with one attached hydrogen (secondary N) is 1. The van der Waals surface area contributed by atoms with Crippen LogP contribution in [0.3, 0.4) is 0 Å². The lowest BCUT2D eigenvalue weighted by molar-refractivity contribution is -0.118. The van der Waals surface area contributed by atoms with Crippen LogP contribution in [0.4, 0.5) is 5.69 Å². The van der Waals surface area contributed by atoms with E-state index in [1.165, 1.54) is 19.3 Å². The quantitative estimate of drug-likeness (QED) is 0.809. The zero-order valence-corrected chi connectivity index (χ0v) is 11.8. The topological polar surface area (TPSA) is 55.1 Å². The molecule has 2 aliphatic rings. The first kappa shape index (κ1) is 13.2. The van der Waals surface area contributed by atoms with Crippen LogP contribution in [0.15, 0.2) is 18.2 Å². The van der Waals surface area contributed by atoms with Crippen molar-refractivity contribution in [1.82, 2.24) is 0 Å². The Bertz CT molecular complexity index is 587. The second-order valence-corrected chi connectivity index (χ2v) is 5.83. The second kappa shape index (κ2) is 5.30. The molecular formula is C17H20N2O. The van der Waals surface area contributed by atoms with Crippen LogP contribution in [0, 0.1) is 36.5 Å². The second-order valence-electron chi connectivity index (χ2n) is 5.83. The van der Waals surface area contributed by atoms with Crippen molar-refractivity contribution in [2.75, 3.05) is 11.9 Å². The van der Waals surface area contributed by atoms with Crippen molar-refractivity contribution < 1.29 is 4.79 Å². The maximum atomic E-state index is 12.3. The van der Waals surface area contributed by atoms with Gasteiger partial charge in [0.25, 0.3) is 0 Å². The summed E-state index contributed by atoms with van der Waals surface area (Å²) in [5.74, 6) is 7.55. The highest BCUT2D eigenvalue weighted by atomic mass is 16.2. The normalized spacial score (nSPS) is 26.4. The molecule has 3 heteroatoms. The smallest absolute Gasteiger partial charge is 0.228 e. The standard InChI is InChI=1S/C17H20N2O/c1-11-7-8-12(4-3-9-18)15(10-11)19-17(20)16-13-5-2-6-14(13)16/h7-8,10,13-14,16H,2,5-6,9,18H2,1H3,(H,19,20). The molecule has 2 atom stereocenters. The number of fused-ring (bicyclic) bond motifs is 1. The summed E-state index contributed by atoms with van der Waals surface area (Å²) in [5, 5.41) is 3.07. The highest BCUT2D eigenvalue weighted by molar-refractivity contribution is 5.96. The van der Waals surface area contributed by atoms with Gasteiger partial charge >= 0.3 is 0 Å². The van der Waals surface area contributed by atoms with E-state index in [9.17, 15) is 4.79 Å². The molecule has 2 aliphatic carbocycles. The summed E-state index contributed by atoms with van der Waals surface area (Å²) in [6.07, 6.45) is 3.73. The van der Waals surface area contributed by atoms with Crippen LogP contribution in [0.25, 0.3) is 0 Å². The SMILES string of the molecule is Cc1ccc(C#CCN)c(NC(=O)C2C3CCCC32)c1. The zero-order valence-electron chi connectivity index (χ0n) is 11.8. The van der Waals surface area contributed by atoms with Crippen LogP contribution in [0.1, 0.15) is 30.4 Å². The molecule has 0 saturated heterocycles. The van der Waals surface area contributed by atoms with Gasteiger partial charge in [-0.25, -0.2) is 0 Å². The molecule has 3 N–H and O–H groups in total. The van der Waals surface area contributed by atoms with Crippen LogP contribution >= 0.6 is 0 Å². The molecule has 0 bridgehead atoms. The average Bonchev–Trinajstić information content (AvgIpc) is 2.92. The van der Waals surface area contributed by atoms with Crippen LogP contribution in [-0.2, 0) is 4.79 Å². The summed E-state index contributed by atoms with van der Waals surface area (Å²) in [6.45, 7) is 2.34. The van der Waals surface area contributed by atoms with E-state index in [0.29, 0.717) is 18.4 Å². The summed E-state index contributed by atoms with van der Waals surface area (Å²) in [6, 6.07) is 5.93. The van der Waals surface area contributed by atoms with Crippen molar-refractivity contribution >= 4 is 11.6 Å². The number of anilines is 1. The van der Waals surface area contributed by atoms with Crippen LogP contribution < -0.4 is 11.1 Å². The third-order valence-electron chi connectivity index (χ3n) is 4.47. The zero-order chi connectivity index (χ0) is 14.1. The van der Waals surface area contributed by atoms with Crippen molar-refractivity contribution in [3.8, 4) is 11.8 Å².